The van der Waals surface area contributed by atoms with Crippen molar-refractivity contribution >= 4 is 17.2 Å². The van der Waals surface area contributed by atoms with Crippen LogP contribution in [0.5, 0.6) is 0 Å². The van der Waals surface area contributed by atoms with E-state index < -0.39 is 6.04 Å². The Labute approximate surface area is 138 Å². The number of benzene rings is 1. The Kier molecular flexibility index (Phi) is 4.83. The lowest BCUT2D eigenvalue weighted by Crippen LogP contribution is -2.29. The molecule has 0 fully saturated rings. The number of amides is 1. The van der Waals surface area contributed by atoms with Gasteiger partial charge in [-0.25, -0.2) is 0 Å². The van der Waals surface area contributed by atoms with E-state index in [1.54, 1.807) is 6.07 Å². The zero-order valence-corrected chi connectivity index (χ0v) is 13.5. The van der Waals surface area contributed by atoms with Crippen molar-refractivity contribution in [1.82, 2.24) is 15.5 Å². The quantitative estimate of drug-likeness (QED) is 0.751. The lowest BCUT2D eigenvalue weighted by Gasteiger charge is -2.15. The summed E-state index contributed by atoms with van der Waals surface area (Å²) in [5.74, 6) is 0.915. The van der Waals surface area contributed by atoms with Crippen LogP contribution in [0.3, 0.4) is 0 Å². The summed E-state index contributed by atoms with van der Waals surface area (Å²) in [6.07, 6.45) is 1.66. The number of thiophene rings is 1. The molecule has 23 heavy (non-hydrogen) atoms. The predicted octanol–water partition coefficient (Wildman–Crippen LogP) is 3.60. The molecule has 1 aromatic carbocycles. The summed E-state index contributed by atoms with van der Waals surface area (Å²) in [6, 6.07) is 11.0. The Morgan fingerprint density at radius 3 is 2.83 bits per heavy atom. The molecule has 1 N–H and O–H groups in total. The molecule has 0 radical (unpaired) electrons. The third-order valence-electron chi connectivity index (χ3n) is 3.40. The maximum Gasteiger partial charge on any atom is 0.252 e. The van der Waals surface area contributed by atoms with Gasteiger partial charge in [0, 0.05) is 11.8 Å². The van der Waals surface area contributed by atoms with Gasteiger partial charge in [0.2, 0.25) is 5.89 Å². The van der Waals surface area contributed by atoms with Crippen LogP contribution in [-0.4, -0.2) is 16.0 Å². The Balaban J connectivity index is 1.88. The Morgan fingerprint density at radius 2 is 2.13 bits per heavy atom. The summed E-state index contributed by atoms with van der Waals surface area (Å²) in [6.45, 7) is 2.05. The fourth-order valence-corrected chi connectivity index (χ4v) is 2.89. The van der Waals surface area contributed by atoms with E-state index in [-0.39, 0.29) is 5.91 Å². The monoisotopic (exact) mass is 327 g/mol. The molecule has 6 heteroatoms. The number of carbonyl (C=O) groups is 1. The van der Waals surface area contributed by atoms with Crippen molar-refractivity contribution in [1.29, 1.82) is 0 Å². The van der Waals surface area contributed by atoms with Crippen molar-refractivity contribution in [2.45, 2.75) is 25.8 Å². The lowest BCUT2D eigenvalue weighted by molar-refractivity contribution is 0.0941. The van der Waals surface area contributed by atoms with Gasteiger partial charge in [-0.3, -0.25) is 4.79 Å². The lowest BCUT2D eigenvalue weighted by atomic mass is 10.1. The van der Waals surface area contributed by atoms with Crippen LogP contribution in [0.1, 0.15) is 47.0 Å². The van der Waals surface area contributed by atoms with Gasteiger partial charge in [-0.05, 0) is 23.4 Å². The highest BCUT2D eigenvalue weighted by Crippen LogP contribution is 2.21. The standard InChI is InChI=1S/C17H17N3O2S/c1-2-6-14-18-16(20-22-14)15(12-7-4-3-5-8-12)19-17(21)13-9-10-23-11-13/h3-5,7-11,15H,2,6H2,1H3,(H,19,21)/t15-/m0/s1. The first-order valence-electron chi connectivity index (χ1n) is 7.48. The zero-order valence-electron chi connectivity index (χ0n) is 12.7. The zero-order chi connectivity index (χ0) is 16.1. The number of nitrogens with one attached hydrogen (secondary N) is 1. The molecule has 0 spiro atoms. The number of rotatable bonds is 6. The van der Waals surface area contributed by atoms with Gasteiger partial charge in [0.1, 0.15) is 6.04 Å². The van der Waals surface area contributed by atoms with Crippen LogP contribution in [0.25, 0.3) is 0 Å². The summed E-state index contributed by atoms with van der Waals surface area (Å²) in [5.41, 5.74) is 1.55. The predicted molar refractivity (Wildman–Crippen MR) is 88.4 cm³/mol. The normalized spacial score (nSPS) is 12.0. The average Bonchev–Trinajstić information content (AvgIpc) is 3.25. The van der Waals surface area contributed by atoms with Gasteiger partial charge in [-0.1, -0.05) is 42.4 Å². The number of hydrogen-bond acceptors (Lipinski definition) is 5. The van der Waals surface area contributed by atoms with Crippen molar-refractivity contribution < 1.29 is 9.32 Å². The van der Waals surface area contributed by atoms with E-state index in [4.69, 9.17) is 4.52 Å². The van der Waals surface area contributed by atoms with E-state index in [2.05, 4.69) is 22.4 Å². The van der Waals surface area contributed by atoms with Gasteiger partial charge in [0.05, 0.1) is 5.56 Å². The van der Waals surface area contributed by atoms with E-state index in [1.165, 1.54) is 11.3 Å². The van der Waals surface area contributed by atoms with Crippen molar-refractivity contribution in [3.63, 3.8) is 0 Å². The highest BCUT2D eigenvalue weighted by Gasteiger charge is 2.23. The van der Waals surface area contributed by atoms with E-state index in [0.717, 1.165) is 18.4 Å². The average molecular weight is 327 g/mol. The fourth-order valence-electron chi connectivity index (χ4n) is 2.25. The summed E-state index contributed by atoms with van der Waals surface area (Å²) in [4.78, 5) is 16.8. The summed E-state index contributed by atoms with van der Waals surface area (Å²) in [7, 11) is 0. The van der Waals surface area contributed by atoms with E-state index >= 15 is 0 Å². The maximum absolute atomic E-state index is 12.4. The van der Waals surface area contributed by atoms with Gasteiger partial charge >= 0.3 is 0 Å². The van der Waals surface area contributed by atoms with Crippen LogP contribution in [0.15, 0.2) is 51.7 Å². The second-order valence-corrected chi connectivity index (χ2v) is 5.91. The molecule has 0 saturated carbocycles. The molecular formula is C17H17N3O2S. The maximum atomic E-state index is 12.4. The van der Waals surface area contributed by atoms with Gasteiger partial charge in [0.25, 0.3) is 5.91 Å². The minimum atomic E-state index is -0.432. The van der Waals surface area contributed by atoms with Crippen molar-refractivity contribution in [3.8, 4) is 0 Å². The summed E-state index contributed by atoms with van der Waals surface area (Å²) >= 11 is 1.49. The van der Waals surface area contributed by atoms with Crippen molar-refractivity contribution in [2.24, 2.45) is 0 Å². The number of hydrogen-bond donors (Lipinski definition) is 1. The number of carbonyl (C=O) groups excluding carboxylic acids is 1. The molecule has 0 unspecified atom stereocenters. The minimum absolute atomic E-state index is 0.151. The second kappa shape index (κ2) is 7.19. The molecule has 3 aromatic rings. The molecule has 2 aromatic heterocycles. The van der Waals surface area contributed by atoms with Crippen LogP contribution in [0, 0.1) is 0 Å². The topological polar surface area (TPSA) is 68.0 Å². The minimum Gasteiger partial charge on any atom is -0.339 e. The molecule has 1 atom stereocenters. The first-order chi connectivity index (χ1) is 11.3. The third-order valence-corrected chi connectivity index (χ3v) is 4.08. The van der Waals surface area contributed by atoms with Crippen molar-refractivity contribution in [2.75, 3.05) is 0 Å². The highest BCUT2D eigenvalue weighted by atomic mass is 32.1. The molecule has 0 aliphatic heterocycles. The smallest absolute Gasteiger partial charge is 0.252 e. The number of nitrogens with zero attached hydrogens (tertiary/aromatic N) is 2. The van der Waals surface area contributed by atoms with Gasteiger partial charge < -0.3 is 9.84 Å². The molecule has 0 aliphatic rings. The Morgan fingerprint density at radius 1 is 1.30 bits per heavy atom. The summed E-state index contributed by atoms with van der Waals surface area (Å²) < 4.78 is 5.27. The molecule has 118 valence electrons. The highest BCUT2D eigenvalue weighted by molar-refractivity contribution is 7.08. The molecule has 0 aliphatic carbocycles. The first kappa shape index (κ1) is 15.4. The largest absolute Gasteiger partial charge is 0.339 e. The van der Waals surface area contributed by atoms with Crippen LogP contribution in [-0.2, 0) is 6.42 Å². The van der Waals surface area contributed by atoms with Gasteiger partial charge in [-0.2, -0.15) is 16.3 Å². The molecule has 5 nitrogen and oxygen atoms in total. The molecule has 1 amide bonds. The molecular weight excluding hydrogens is 310 g/mol. The Bertz CT molecular complexity index is 753. The van der Waals surface area contributed by atoms with E-state index in [0.29, 0.717) is 17.3 Å². The molecule has 3 rings (SSSR count). The molecule has 0 bridgehead atoms. The van der Waals surface area contributed by atoms with Crippen LogP contribution < -0.4 is 5.32 Å². The first-order valence-corrected chi connectivity index (χ1v) is 8.42. The SMILES string of the molecule is CCCc1nc([C@@H](NC(=O)c2ccsc2)c2ccccc2)no1. The molecule has 0 saturated heterocycles. The van der Waals surface area contributed by atoms with Gasteiger partial charge in [-0.15, -0.1) is 0 Å². The fraction of sp³-hybridized carbons (Fsp3) is 0.235. The third kappa shape index (κ3) is 3.65. The molecule has 2 heterocycles. The van der Waals surface area contributed by atoms with Crippen LogP contribution in [0.2, 0.25) is 0 Å². The second-order valence-electron chi connectivity index (χ2n) is 5.13. The van der Waals surface area contributed by atoms with Crippen LogP contribution in [0.4, 0.5) is 0 Å². The van der Waals surface area contributed by atoms with Gasteiger partial charge in [0.15, 0.2) is 5.82 Å². The summed E-state index contributed by atoms with van der Waals surface area (Å²) in [5, 5.41) is 10.7. The number of aryl methyl sites for hydroxylation is 1. The van der Waals surface area contributed by atoms with Crippen LogP contribution >= 0.6 is 11.3 Å². The van der Waals surface area contributed by atoms with E-state index in [9.17, 15) is 4.79 Å². The van der Waals surface area contributed by atoms with Crippen molar-refractivity contribution in [3.05, 3.63) is 70.0 Å². The Hall–Kier alpha value is -2.47. The number of aromatic nitrogens is 2. The van der Waals surface area contributed by atoms with E-state index in [1.807, 2.05) is 41.1 Å².